The molecule has 0 spiro atoms. The molecule has 4 nitrogen and oxygen atoms in total. The predicted molar refractivity (Wildman–Crippen MR) is 92.3 cm³/mol. The summed E-state index contributed by atoms with van der Waals surface area (Å²) in [5, 5.41) is 12.0. The third kappa shape index (κ3) is 4.44. The zero-order chi connectivity index (χ0) is 16.7. The molecule has 23 heavy (non-hydrogen) atoms. The quantitative estimate of drug-likeness (QED) is 0.835. The number of likely N-dealkylation sites (N-methyl/N-ethyl adjacent to an activating group) is 1. The second kappa shape index (κ2) is 8.16. The molecule has 1 aliphatic heterocycles. The van der Waals surface area contributed by atoms with Gasteiger partial charge in [0.15, 0.2) is 0 Å². The van der Waals surface area contributed by atoms with Crippen molar-refractivity contribution in [3.63, 3.8) is 0 Å². The van der Waals surface area contributed by atoms with Crippen LogP contribution in [0.15, 0.2) is 52.7 Å². The van der Waals surface area contributed by atoms with E-state index in [4.69, 9.17) is 5.11 Å². The van der Waals surface area contributed by atoms with Gasteiger partial charge in [0.05, 0.1) is 12.3 Å². The Morgan fingerprint density at radius 3 is 2.65 bits per heavy atom. The average Bonchev–Trinajstić information content (AvgIpc) is 2.96. The van der Waals surface area contributed by atoms with Gasteiger partial charge in [-0.1, -0.05) is 5.92 Å². The molecule has 0 saturated carbocycles. The molecular weight excluding hydrogens is 293 g/mol. The fourth-order valence-electron chi connectivity index (χ4n) is 2.17. The van der Waals surface area contributed by atoms with E-state index in [-0.39, 0.29) is 6.61 Å². The lowest BCUT2D eigenvalue weighted by Gasteiger charge is -2.17. The third-order valence-corrected chi connectivity index (χ3v) is 3.43. The van der Waals surface area contributed by atoms with Crippen molar-refractivity contribution in [2.75, 3.05) is 38.8 Å². The van der Waals surface area contributed by atoms with Gasteiger partial charge in [0.2, 0.25) is 0 Å². The Bertz CT molecular complexity index is 693. The normalized spacial score (nSPS) is 16.8. The number of hydrogen-bond acceptors (Lipinski definition) is 3. The number of anilines is 1. The molecule has 0 aliphatic carbocycles. The lowest BCUT2D eigenvalue weighted by molar-refractivity contribution is 0.304. The van der Waals surface area contributed by atoms with Crippen molar-refractivity contribution >= 4 is 11.5 Å². The van der Waals surface area contributed by atoms with Crippen LogP contribution in [0.1, 0.15) is 5.56 Å². The van der Waals surface area contributed by atoms with E-state index in [2.05, 4.69) is 22.2 Å². The molecule has 0 atom stereocenters. The summed E-state index contributed by atoms with van der Waals surface area (Å²) in [7, 11) is 3.58. The van der Waals surface area contributed by atoms with Crippen LogP contribution in [0.5, 0.6) is 0 Å². The lowest BCUT2D eigenvalue weighted by atomic mass is 10.2. The van der Waals surface area contributed by atoms with Crippen LogP contribution in [0.25, 0.3) is 0 Å². The summed E-state index contributed by atoms with van der Waals surface area (Å²) in [6.07, 6.45) is 3.26. The van der Waals surface area contributed by atoms with Gasteiger partial charge in [-0.3, -0.25) is 4.99 Å². The monoisotopic (exact) mass is 313 g/mol. The van der Waals surface area contributed by atoms with Crippen LogP contribution < -0.4 is 10.2 Å². The molecule has 0 amide bonds. The number of nitrogens with zero attached hydrogens (tertiary/aromatic N) is 2. The largest absolute Gasteiger partial charge is 0.395 e. The summed E-state index contributed by atoms with van der Waals surface area (Å²) in [6, 6.07) is 7.78. The van der Waals surface area contributed by atoms with Crippen LogP contribution in [-0.4, -0.2) is 44.9 Å². The van der Waals surface area contributed by atoms with Crippen molar-refractivity contribution in [3.8, 4) is 11.8 Å². The number of nitrogens with one attached hydrogen (secondary N) is 1. The SMILES string of the molecule is CN=C1NC(C#Cc2ccc(N(C)CCO)cc2)=C/C1=C/CF. The summed E-state index contributed by atoms with van der Waals surface area (Å²) >= 11 is 0. The molecule has 2 N–H and O–H groups in total. The van der Waals surface area contributed by atoms with Gasteiger partial charge in [-0.25, -0.2) is 4.39 Å². The van der Waals surface area contributed by atoms with E-state index in [0.29, 0.717) is 18.1 Å². The van der Waals surface area contributed by atoms with Crippen molar-refractivity contribution in [3.05, 3.63) is 53.3 Å². The summed E-state index contributed by atoms with van der Waals surface area (Å²) < 4.78 is 12.4. The maximum absolute atomic E-state index is 12.4. The van der Waals surface area contributed by atoms with E-state index in [1.54, 1.807) is 13.1 Å². The highest BCUT2D eigenvalue weighted by atomic mass is 19.1. The van der Waals surface area contributed by atoms with Crippen LogP contribution >= 0.6 is 0 Å². The van der Waals surface area contributed by atoms with Crippen LogP contribution in [0, 0.1) is 11.8 Å². The van der Waals surface area contributed by atoms with Gasteiger partial charge in [-0.05, 0) is 42.3 Å². The number of alkyl halides is 1. The molecule has 1 aliphatic rings. The molecule has 2 rings (SSSR count). The Kier molecular flexibility index (Phi) is 5.95. The summed E-state index contributed by atoms with van der Waals surface area (Å²) in [6.45, 7) is 0.175. The van der Waals surface area contributed by atoms with E-state index in [9.17, 15) is 4.39 Å². The van der Waals surface area contributed by atoms with Gasteiger partial charge in [-0.15, -0.1) is 0 Å². The number of amidine groups is 1. The molecule has 0 fully saturated rings. The minimum atomic E-state index is -0.532. The first kappa shape index (κ1) is 16.8. The van der Waals surface area contributed by atoms with Crippen molar-refractivity contribution in [1.82, 2.24) is 5.32 Å². The maximum atomic E-state index is 12.4. The Labute approximate surface area is 136 Å². The predicted octanol–water partition coefficient (Wildman–Crippen LogP) is 1.88. The van der Waals surface area contributed by atoms with Gasteiger partial charge in [0.25, 0.3) is 0 Å². The first-order chi connectivity index (χ1) is 11.2. The second-order valence-electron chi connectivity index (χ2n) is 5.01. The fourth-order valence-corrected chi connectivity index (χ4v) is 2.17. The second-order valence-corrected chi connectivity index (χ2v) is 5.01. The lowest BCUT2D eigenvalue weighted by Crippen LogP contribution is -2.20. The molecule has 5 heteroatoms. The molecule has 0 bridgehead atoms. The summed E-state index contributed by atoms with van der Waals surface area (Å²) in [5.74, 6) is 6.73. The Balaban J connectivity index is 2.11. The van der Waals surface area contributed by atoms with E-state index in [0.717, 1.165) is 16.8 Å². The van der Waals surface area contributed by atoms with Gasteiger partial charge < -0.3 is 15.3 Å². The standard InChI is InChI=1S/C18H20FN3O/c1-20-18-15(9-10-19)13-16(21-18)6-3-14-4-7-17(8-5-14)22(2)11-12-23/h4-5,7-9,13,23H,10-12H2,1-2H3,(H,20,21)/b15-9-. The highest BCUT2D eigenvalue weighted by molar-refractivity contribution is 6.05. The molecule has 0 aromatic heterocycles. The number of hydrogen-bond donors (Lipinski definition) is 2. The number of aliphatic imine (C=N–C) groups is 1. The van der Waals surface area contributed by atoms with Gasteiger partial charge in [0, 0.05) is 37.5 Å². The smallest absolute Gasteiger partial charge is 0.132 e. The van der Waals surface area contributed by atoms with Crippen molar-refractivity contribution in [1.29, 1.82) is 0 Å². The third-order valence-electron chi connectivity index (χ3n) is 3.43. The van der Waals surface area contributed by atoms with Crippen LogP contribution in [0.2, 0.25) is 0 Å². The Morgan fingerprint density at radius 1 is 1.30 bits per heavy atom. The number of aliphatic hydroxyl groups is 1. The molecule has 1 aromatic rings. The van der Waals surface area contributed by atoms with E-state index in [1.807, 2.05) is 36.2 Å². The Morgan fingerprint density at radius 2 is 2.04 bits per heavy atom. The summed E-state index contributed by atoms with van der Waals surface area (Å²) in [5.41, 5.74) is 3.33. The molecule has 1 heterocycles. The first-order valence-electron chi connectivity index (χ1n) is 7.34. The van der Waals surface area contributed by atoms with Gasteiger partial charge >= 0.3 is 0 Å². The molecule has 120 valence electrons. The maximum Gasteiger partial charge on any atom is 0.132 e. The fraction of sp³-hybridized carbons (Fsp3) is 0.278. The van der Waals surface area contributed by atoms with Crippen LogP contribution in [-0.2, 0) is 0 Å². The highest BCUT2D eigenvalue weighted by Gasteiger charge is 2.13. The number of rotatable bonds is 4. The average molecular weight is 313 g/mol. The Hall–Kier alpha value is -2.58. The molecule has 0 unspecified atom stereocenters. The van der Waals surface area contributed by atoms with Crippen LogP contribution in [0.3, 0.4) is 0 Å². The molecule has 0 radical (unpaired) electrons. The number of benzene rings is 1. The molecular formula is C18H20FN3O. The number of allylic oxidation sites excluding steroid dienone is 2. The topological polar surface area (TPSA) is 47.9 Å². The minimum absolute atomic E-state index is 0.119. The van der Waals surface area contributed by atoms with Crippen molar-refractivity contribution in [2.45, 2.75) is 0 Å². The number of aliphatic hydroxyl groups excluding tert-OH is 1. The van der Waals surface area contributed by atoms with E-state index >= 15 is 0 Å². The highest BCUT2D eigenvalue weighted by Crippen LogP contribution is 2.14. The van der Waals surface area contributed by atoms with Gasteiger partial charge in [0.1, 0.15) is 12.5 Å². The van der Waals surface area contributed by atoms with E-state index < -0.39 is 6.67 Å². The molecule has 0 saturated heterocycles. The van der Waals surface area contributed by atoms with Crippen molar-refractivity contribution < 1.29 is 9.50 Å². The van der Waals surface area contributed by atoms with Crippen LogP contribution in [0.4, 0.5) is 10.1 Å². The zero-order valence-electron chi connectivity index (χ0n) is 13.3. The number of halogens is 1. The zero-order valence-corrected chi connectivity index (χ0v) is 13.3. The summed E-state index contributed by atoms with van der Waals surface area (Å²) in [4.78, 5) is 6.03. The first-order valence-corrected chi connectivity index (χ1v) is 7.34. The van der Waals surface area contributed by atoms with Crippen molar-refractivity contribution in [2.24, 2.45) is 4.99 Å². The van der Waals surface area contributed by atoms with E-state index in [1.165, 1.54) is 6.08 Å². The molecule has 1 aromatic carbocycles. The van der Waals surface area contributed by atoms with Gasteiger partial charge in [-0.2, -0.15) is 0 Å². The minimum Gasteiger partial charge on any atom is -0.395 e.